The molecule has 0 spiro atoms. The van der Waals surface area contributed by atoms with Crippen LogP contribution in [-0.4, -0.2) is 24.1 Å². The summed E-state index contributed by atoms with van der Waals surface area (Å²) in [6.07, 6.45) is 12.1. The molecule has 1 saturated carbocycles. The summed E-state index contributed by atoms with van der Waals surface area (Å²) in [7, 11) is 0. The van der Waals surface area contributed by atoms with Gasteiger partial charge in [-0.3, -0.25) is 0 Å². The van der Waals surface area contributed by atoms with Crippen molar-refractivity contribution in [3.05, 3.63) is 42.0 Å². The summed E-state index contributed by atoms with van der Waals surface area (Å²) >= 11 is 2.03. The first kappa shape index (κ1) is 13.7. The topological polar surface area (TPSA) is 12.0 Å². The van der Waals surface area contributed by atoms with Gasteiger partial charge < -0.3 is 5.32 Å². The van der Waals surface area contributed by atoms with Gasteiger partial charge in [-0.15, -0.1) is 0 Å². The molecule has 0 atom stereocenters. The highest BCUT2D eigenvalue weighted by Crippen LogP contribution is 2.26. The van der Waals surface area contributed by atoms with Crippen molar-refractivity contribution in [2.24, 2.45) is 0 Å². The Labute approximate surface area is 115 Å². The standard InChI is InChI=1S/C16H23NS/c1-18-16-11-9-15(10-12-16)17-13-5-8-14-6-3-2-4-7-14/h2-8,15-17H,9-13H2,1H3/b8-5+. The molecule has 0 radical (unpaired) electrons. The second kappa shape index (κ2) is 7.65. The molecule has 1 nitrogen and oxygen atoms in total. The second-order valence-corrected chi connectivity index (χ2v) is 6.07. The van der Waals surface area contributed by atoms with Gasteiger partial charge in [-0.1, -0.05) is 42.5 Å². The quantitative estimate of drug-likeness (QED) is 0.861. The molecule has 1 N–H and O–H groups in total. The third-order valence-electron chi connectivity index (χ3n) is 3.64. The maximum Gasteiger partial charge on any atom is 0.0140 e. The van der Waals surface area contributed by atoms with Crippen LogP contribution in [0.5, 0.6) is 0 Å². The van der Waals surface area contributed by atoms with Crippen LogP contribution in [0, 0.1) is 0 Å². The summed E-state index contributed by atoms with van der Waals surface area (Å²) in [6, 6.07) is 11.2. The van der Waals surface area contributed by atoms with Crippen molar-refractivity contribution < 1.29 is 0 Å². The van der Waals surface area contributed by atoms with E-state index in [9.17, 15) is 0 Å². The summed E-state index contributed by atoms with van der Waals surface area (Å²) in [4.78, 5) is 0. The minimum atomic E-state index is 0.730. The lowest BCUT2D eigenvalue weighted by Crippen LogP contribution is -2.33. The summed E-state index contributed by atoms with van der Waals surface area (Å²) in [5.74, 6) is 0. The van der Waals surface area contributed by atoms with Gasteiger partial charge in [0, 0.05) is 17.8 Å². The predicted molar refractivity (Wildman–Crippen MR) is 83.0 cm³/mol. The smallest absolute Gasteiger partial charge is 0.0140 e. The molecule has 1 aliphatic rings. The summed E-state index contributed by atoms with van der Waals surface area (Å²) < 4.78 is 0. The Hall–Kier alpha value is -0.730. The van der Waals surface area contributed by atoms with Gasteiger partial charge >= 0.3 is 0 Å². The Morgan fingerprint density at radius 2 is 1.89 bits per heavy atom. The zero-order valence-electron chi connectivity index (χ0n) is 11.1. The lowest BCUT2D eigenvalue weighted by molar-refractivity contribution is 0.392. The highest BCUT2D eigenvalue weighted by Gasteiger charge is 2.19. The summed E-state index contributed by atoms with van der Waals surface area (Å²) in [5.41, 5.74) is 1.28. The minimum Gasteiger partial charge on any atom is -0.311 e. The second-order valence-electron chi connectivity index (χ2n) is 4.93. The lowest BCUT2D eigenvalue weighted by atomic mass is 9.95. The molecule has 1 aromatic carbocycles. The van der Waals surface area contributed by atoms with Crippen molar-refractivity contribution in [1.29, 1.82) is 0 Å². The molecule has 0 unspecified atom stereocenters. The van der Waals surface area contributed by atoms with Crippen molar-refractivity contribution >= 4 is 17.8 Å². The Morgan fingerprint density at radius 3 is 2.56 bits per heavy atom. The average molecular weight is 261 g/mol. The van der Waals surface area contributed by atoms with E-state index in [0.717, 1.165) is 17.8 Å². The maximum atomic E-state index is 3.64. The van der Waals surface area contributed by atoms with E-state index >= 15 is 0 Å². The molecule has 1 aliphatic carbocycles. The van der Waals surface area contributed by atoms with Crippen LogP contribution in [-0.2, 0) is 0 Å². The molecule has 0 aromatic heterocycles. The van der Waals surface area contributed by atoms with Crippen LogP contribution < -0.4 is 5.32 Å². The van der Waals surface area contributed by atoms with Gasteiger partial charge in [0.25, 0.3) is 0 Å². The van der Waals surface area contributed by atoms with E-state index < -0.39 is 0 Å². The van der Waals surface area contributed by atoms with Crippen LogP contribution >= 0.6 is 11.8 Å². The van der Waals surface area contributed by atoms with Crippen LogP contribution in [0.2, 0.25) is 0 Å². The van der Waals surface area contributed by atoms with Crippen molar-refractivity contribution in [1.82, 2.24) is 5.32 Å². The van der Waals surface area contributed by atoms with E-state index in [4.69, 9.17) is 0 Å². The van der Waals surface area contributed by atoms with E-state index in [2.05, 4.69) is 54.1 Å². The normalized spacial score (nSPS) is 24.5. The number of benzene rings is 1. The van der Waals surface area contributed by atoms with Crippen LogP contribution in [0.25, 0.3) is 6.08 Å². The molecule has 2 heteroatoms. The molecular formula is C16H23NS. The number of thioether (sulfide) groups is 1. The Kier molecular flexibility index (Phi) is 5.82. The molecule has 1 aromatic rings. The van der Waals surface area contributed by atoms with Crippen LogP contribution in [0.1, 0.15) is 31.2 Å². The fourth-order valence-electron chi connectivity index (χ4n) is 2.50. The Bertz CT molecular complexity index is 353. The third kappa shape index (κ3) is 4.51. The van der Waals surface area contributed by atoms with Crippen molar-refractivity contribution in [2.75, 3.05) is 12.8 Å². The zero-order valence-corrected chi connectivity index (χ0v) is 12.0. The van der Waals surface area contributed by atoms with E-state index in [1.54, 1.807) is 0 Å². The number of hydrogen-bond donors (Lipinski definition) is 1. The molecule has 2 rings (SSSR count). The molecule has 1 fully saturated rings. The zero-order chi connectivity index (χ0) is 12.6. The number of rotatable bonds is 5. The summed E-state index contributed by atoms with van der Waals surface area (Å²) in [5, 5.41) is 4.55. The highest BCUT2D eigenvalue weighted by molar-refractivity contribution is 7.99. The first-order chi connectivity index (χ1) is 8.88. The van der Waals surface area contributed by atoms with E-state index in [0.29, 0.717) is 0 Å². The van der Waals surface area contributed by atoms with Crippen molar-refractivity contribution in [2.45, 2.75) is 37.0 Å². The van der Waals surface area contributed by atoms with Crippen molar-refractivity contribution in [3.8, 4) is 0 Å². The van der Waals surface area contributed by atoms with Gasteiger partial charge in [-0.2, -0.15) is 11.8 Å². The first-order valence-electron chi connectivity index (χ1n) is 6.86. The monoisotopic (exact) mass is 261 g/mol. The molecule has 0 bridgehead atoms. The Morgan fingerprint density at radius 1 is 1.17 bits per heavy atom. The lowest BCUT2D eigenvalue weighted by Gasteiger charge is -2.27. The van der Waals surface area contributed by atoms with E-state index in [1.807, 2.05) is 11.8 Å². The van der Waals surface area contributed by atoms with Gasteiger partial charge in [0.05, 0.1) is 0 Å². The van der Waals surface area contributed by atoms with Gasteiger partial charge in [0.15, 0.2) is 0 Å². The molecular weight excluding hydrogens is 238 g/mol. The van der Waals surface area contributed by atoms with Gasteiger partial charge in [0.2, 0.25) is 0 Å². The SMILES string of the molecule is CSC1CCC(NC/C=C/c2ccccc2)CC1. The van der Waals surface area contributed by atoms with E-state index in [-0.39, 0.29) is 0 Å². The van der Waals surface area contributed by atoms with Crippen molar-refractivity contribution in [3.63, 3.8) is 0 Å². The van der Waals surface area contributed by atoms with Crippen LogP contribution in [0.4, 0.5) is 0 Å². The fraction of sp³-hybridized carbons (Fsp3) is 0.500. The van der Waals surface area contributed by atoms with Gasteiger partial charge in [-0.25, -0.2) is 0 Å². The van der Waals surface area contributed by atoms with Crippen LogP contribution in [0.3, 0.4) is 0 Å². The predicted octanol–water partition coefficient (Wildman–Crippen LogP) is 3.96. The summed E-state index contributed by atoms with van der Waals surface area (Å²) in [6.45, 7) is 0.990. The van der Waals surface area contributed by atoms with Gasteiger partial charge in [-0.05, 0) is 37.5 Å². The molecule has 0 amide bonds. The van der Waals surface area contributed by atoms with Crippen LogP contribution in [0.15, 0.2) is 36.4 Å². The molecule has 18 heavy (non-hydrogen) atoms. The Balaban J connectivity index is 1.66. The average Bonchev–Trinajstić information content (AvgIpc) is 2.45. The third-order valence-corrected chi connectivity index (χ3v) is 4.78. The first-order valence-corrected chi connectivity index (χ1v) is 8.15. The molecule has 0 heterocycles. The molecule has 0 saturated heterocycles. The van der Waals surface area contributed by atoms with Gasteiger partial charge in [0.1, 0.15) is 0 Å². The van der Waals surface area contributed by atoms with E-state index in [1.165, 1.54) is 31.2 Å². The highest BCUT2D eigenvalue weighted by atomic mass is 32.2. The minimum absolute atomic E-state index is 0.730. The maximum absolute atomic E-state index is 3.64. The number of hydrogen-bond acceptors (Lipinski definition) is 2. The molecule has 0 aliphatic heterocycles. The largest absolute Gasteiger partial charge is 0.311 e. The fourth-order valence-corrected chi connectivity index (χ4v) is 3.24. The number of nitrogens with one attached hydrogen (secondary N) is 1. The molecule has 98 valence electrons.